The maximum Gasteiger partial charge on any atom is 0.268 e. The van der Waals surface area contributed by atoms with E-state index in [0.29, 0.717) is 11.6 Å². The summed E-state index contributed by atoms with van der Waals surface area (Å²) in [6.07, 6.45) is 5.64. The molecule has 4 rings (SSSR count). The Labute approximate surface area is 207 Å². The number of nitrogens with one attached hydrogen (secondary N) is 2. The number of likely N-dealkylation sites (tertiary alicyclic amines) is 1. The molecule has 0 unspecified atom stereocenters. The predicted octanol–water partition coefficient (Wildman–Crippen LogP) is 2.93. The number of ether oxygens (including phenoxy) is 1. The second-order valence-electron chi connectivity index (χ2n) is 9.82. The summed E-state index contributed by atoms with van der Waals surface area (Å²) < 4.78 is 7.40. The first-order chi connectivity index (χ1) is 17.1. The van der Waals surface area contributed by atoms with Gasteiger partial charge in [-0.1, -0.05) is 31.0 Å². The number of benzene rings is 1. The molecule has 188 valence electrons. The van der Waals surface area contributed by atoms with Gasteiger partial charge in [-0.25, -0.2) is 0 Å². The number of methoxy groups -OCH3 is 1. The molecule has 2 heterocycles. The molecule has 2 atom stereocenters. The van der Waals surface area contributed by atoms with Crippen molar-refractivity contribution in [3.05, 3.63) is 36.0 Å². The molecule has 1 aliphatic heterocycles. The van der Waals surface area contributed by atoms with E-state index in [2.05, 4.69) is 32.2 Å². The van der Waals surface area contributed by atoms with Crippen molar-refractivity contribution in [3.63, 3.8) is 0 Å². The fourth-order valence-electron chi connectivity index (χ4n) is 5.58. The Morgan fingerprint density at radius 2 is 1.91 bits per heavy atom. The minimum Gasteiger partial charge on any atom is -0.383 e. The lowest BCUT2D eigenvalue weighted by molar-refractivity contribution is -0.126. The van der Waals surface area contributed by atoms with Crippen molar-refractivity contribution in [1.82, 2.24) is 20.1 Å². The largest absolute Gasteiger partial charge is 0.383 e. The third-order valence-electron chi connectivity index (χ3n) is 7.56. The zero-order valence-corrected chi connectivity index (χ0v) is 20.7. The van der Waals surface area contributed by atoms with E-state index in [4.69, 9.17) is 10.00 Å². The highest BCUT2D eigenvalue weighted by molar-refractivity contribution is 5.99. The number of para-hydroxylation sites is 1. The van der Waals surface area contributed by atoms with Gasteiger partial charge in [0, 0.05) is 37.1 Å². The van der Waals surface area contributed by atoms with Crippen molar-refractivity contribution in [2.75, 3.05) is 39.9 Å². The van der Waals surface area contributed by atoms with Crippen LogP contribution in [0.1, 0.15) is 49.0 Å². The van der Waals surface area contributed by atoms with Crippen molar-refractivity contribution >= 4 is 22.7 Å². The van der Waals surface area contributed by atoms with Crippen LogP contribution in [0, 0.1) is 23.2 Å². The molecule has 2 N–H and O–H groups in total. The number of rotatable bonds is 9. The number of fused-ring (bicyclic) bond motifs is 1. The van der Waals surface area contributed by atoms with E-state index in [0.717, 1.165) is 82.2 Å². The number of carbonyl (C=O) groups is 2. The lowest BCUT2D eigenvalue weighted by Crippen LogP contribution is -2.48. The van der Waals surface area contributed by atoms with Gasteiger partial charge in [-0.15, -0.1) is 0 Å². The van der Waals surface area contributed by atoms with Crippen LogP contribution in [-0.4, -0.2) is 67.2 Å². The fraction of sp³-hybridized carbons (Fsp3) is 0.593. The first-order valence-corrected chi connectivity index (χ1v) is 12.9. The number of hydrogen-bond acceptors (Lipinski definition) is 5. The monoisotopic (exact) mass is 479 g/mol. The quantitative estimate of drug-likeness (QED) is 0.539. The number of carbonyl (C=O) groups excluding carboxylic acids is 2. The summed E-state index contributed by atoms with van der Waals surface area (Å²) >= 11 is 0. The van der Waals surface area contributed by atoms with E-state index in [1.54, 1.807) is 7.11 Å². The van der Waals surface area contributed by atoms with E-state index in [9.17, 15) is 9.59 Å². The Bertz CT molecular complexity index is 1050. The first kappa shape index (κ1) is 25.2. The SMILES string of the molecule is COCCN1CCC(Cn2c(C(=O)N[C@H]3CCCC[C@H]3C(=O)NCC#N)cc3ccccc32)CC1. The van der Waals surface area contributed by atoms with Gasteiger partial charge in [0.15, 0.2) is 0 Å². The zero-order chi connectivity index (χ0) is 24.6. The second-order valence-corrected chi connectivity index (χ2v) is 9.82. The molecule has 2 aliphatic rings. The molecular weight excluding hydrogens is 442 g/mol. The summed E-state index contributed by atoms with van der Waals surface area (Å²) in [4.78, 5) is 28.6. The fourth-order valence-corrected chi connectivity index (χ4v) is 5.58. The van der Waals surface area contributed by atoms with Crippen LogP contribution in [-0.2, 0) is 16.1 Å². The van der Waals surface area contributed by atoms with Gasteiger partial charge in [0.1, 0.15) is 12.2 Å². The molecule has 8 heteroatoms. The van der Waals surface area contributed by atoms with Gasteiger partial charge in [0.05, 0.1) is 18.6 Å². The normalized spacial score (nSPS) is 21.5. The lowest BCUT2D eigenvalue weighted by atomic mass is 9.83. The highest BCUT2D eigenvalue weighted by Gasteiger charge is 2.33. The third kappa shape index (κ3) is 6.22. The summed E-state index contributed by atoms with van der Waals surface area (Å²) in [5, 5.41) is 15.7. The Balaban J connectivity index is 1.49. The highest BCUT2D eigenvalue weighted by Crippen LogP contribution is 2.28. The number of nitriles is 1. The molecule has 0 bridgehead atoms. The van der Waals surface area contributed by atoms with Gasteiger partial charge >= 0.3 is 0 Å². The molecule has 35 heavy (non-hydrogen) atoms. The molecule has 0 spiro atoms. The average molecular weight is 480 g/mol. The summed E-state index contributed by atoms with van der Waals surface area (Å²) in [6, 6.07) is 11.9. The molecule has 2 amide bonds. The first-order valence-electron chi connectivity index (χ1n) is 12.9. The third-order valence-corrected chi connectivity index (χ3v) is 7.56. The average Bonchev–Trinajstić information content (AvgIpc) is 3.25. The minimum atomic E-state index is -0.296. The standard InChI is InChI=1S/C27H37N5O3/c1-35-17-16-31-14-10-20(11-15-31)19-32-24-9-5-2-6-21(24)18-25(32)27(34)30-23-8-4-3-7-22(23)26(33)29-13-12-28/h2,5-6,9,18,20,22-23H,3-4,7-8,10-11,13-17,19H2,1H3,(H,29,33)(H,30,34)/t22-,23+/m1/s1. The van der Waals surface area contributed by atoms with Crippen LogP contribution >= 0.6 is 0 Å². The van der Waals surface area contributed by atoms with Crippen LogP contribution in [0.25, 0.3) is 10.9 Å². The van der Waals surface area contributed by atoms with E-state index in [1.807, 2.05) is 24.3 Å². The van der Waals surface area contributed by atoms with Gasteiger partial charge in [0.25, 0.3) is 5.91 Å². The number of amides is 2. The second kappa shape index (κ2) is 12.2. The van der Waals surface area contributed by atoms with Crippen LogP contribution < -0.4 is 10.6 Å². The van der Waals surface area contributed by atoms with Crippen LogP contribution in [0.5, 0.6) is 0 Å². The van der Waals surface area contributed by atoms with Gasteiger partial charge in [-0.05, 0) is 56.8 Å². The van der Waals surface area contributed by atoms with Gasteiger partial charge in [-0.2, -0.15) is 5.26 Å². The molecule has 1 saturated carbocycles. The summed E-state index contributed by atoms with van der Waals surface area (Å²) in [7, 11) is 1.74. The predicted molar refractivity (Wildman–Crippen MR) is 135 cm³/mol. The van der Waals surface area contributed by atoms with E-state index in [-0.39, 0.29) is 30.3 Å². The molecular formula is C27H37N5O3. The van der Waals surface area contributed by atoms with Crippen molar-refractivity contribution in [2.24, 2.45) is 11.8 Å². The maximum atomic E-state index is 13.6. The molecule has 0 radical (unpaired) electrons. The Morgan fingerprint density at radius 3 is 2.69 bits per heavy atom. The van der Waals surface area contributed by atoms with Crippen LogP contribution in [0.2, 0.25) is 0 Å². The molecule has 8 nitrogen and oxygen atoms in total. The highest BCUT2D eigenvalue weighted by atomic mass is 16.5. The molecule has 2 fully saturated rings. The van der Waals surface area contributed by atoms with Crippen molar-refractivity contribution in [3.8, 4) is 6.07 Å². The van der Waals surface area contributed by atoms with E-state index in [1.165, 1.54) is 0 Å². The van der Waals surface area contributed by atoms with Crippen molar-refractivity contribution < 1.29 is 14.3 Å². The van der Waals surface area contributed by atoms with Gasteiger partial charge in [0.2, 0.25) is 5.91 Å². The smallest absolute Gasteiger partial charge is 0.268 e. The number of hydrogen-bond donors (Lipinski definition) is 2. The zero-order valence-electron chi connectivity index (χ0n) is 20.7. The molecule has 1 aliphatic carbocycles. The molecule has 1 saturated heterocycles. The lowest BCUT2D eigenvalue weighted by Gasteiger charge is -2.33. The Morgan fingerprint density at radius 1 is 1.14 bits per heavy atom. The van der Waals surface area contributed by atoms with Crippen LogP contribution in [0.15, 0.2) is 30.3 Å². The minimum absolute atomic E-state index is 0.00543. The molecule has 2 aromatic rings. The molecule has 1 aromatic heterocycles. The number of aromatic nitrogens is 1. The van der Waals surface area contributed by atoms with Gasteiger partial charge < -0.3 is 24.8 Å². The summed E-state index contributed by atoms with van der Waals surface area (Å²) in [6.45, 7) is 4.63. The van der Waals surface area contributed by atoms with Crippen molar-refractivity contribution in [1.29, 1.82) is 5.26 Å². The van der Waals surface area contributed by atoms with Crippen LogP contribution in [0.3, 0.4) is 0 Å². The van der Waals surface area contributed by atoms with Gasteiger partial charge in [-0.3, -0.25) is 9.59 Å². The van der Waals surface area contributed by atoms with Crippen molar-refractivity contribution in [2.45, 2.75) is 51.1 Å². The topological polar surface area (TPSA) is 99.4 Å². The number of piperidine rings is 1. The maximum absolute atomic E-state index is 13.6. The summed E-state index contributed by atoms with van der Waals surface area (Å²) in [5.74, 6) is -0.0494. The Hall–Kier alpha value is -2.89. The van der Waals surface area contributed by atoms with E-state index >= 15 is 0 Å². The summed E-state index contributed by atoms with van der Waals surface area (Å²) in [5.41, 5.74) is 1.74. The Kier molecular flexibility index (Phi) is 8.78. The molecule has 1 aromatic carbocycles. The van der Waals surface area contributed by atoms with E-state index < -0.39 is 0 Å². The van der Waals surface area contributed by atoms with Crippen LogP contribution in [0.4, 0.5) is 0 Å². The number of nitrogens with zero attached hydrogens (tertiary/aromatic N) is 3.